The van der Waals surface area contributed by atoms with Crippen LogP contribution in [-0.2, 0) is 0 Å². The number of aromatic nitrogens is 4. The molecule has 10 heteroatoms. The highest BCUT2D eigenvalue weighted by Gasteiger charge is 2.46. The lowest BCUT2D eigenvalue weighted by Crippen LogP contribution is -2.58. The van der Waals surface area contributed by atoms with Crippen LogP contribution in [-0.4, -0.2) is 31.7 Å². The Morgan fingerprint density at radius 3 is 1.13 bits per heavy atom. The monoisotopic (exact) mass is 1230 g/mol. The first-order valence-electron chi connectivity index (χ1n) is 32.2. The zero-order valence-electron chi connectivity index (χ0n) is 50.3. The Morgan fingerprint density at radius 2 is 0.628 bits per heavy atom. The fourth-order valence-corrected chi connectivity index (χ4v) is 19.4. The van der Waals surface area contributed by atoms with E-state index in [4.69, 9.17) is 9.47 Å². The molecule has 0 radical (unpaired) electrons. The molecule has 0 N–H and O–H groups in total. The molecule has 22 rings (SSSR count). The number of para-hydroxylation sites is 8. The van der Waals surface area contributed by atoms with Crippen LogP contribution in [0.3, 0.4) is 0 Å². The van der Waals surface area contributed by atoms with Crippen molar-refractivity contribution in [2.75, 3.05) is 0 Å². The standard InChI is InChI=1S/C84H48B2N4O2S2/c1-11-31-63-51(21-1)52-22-2-12-32-64(52)87(63)49-41-43-69-57(45-49)55-25-5-15-35-67(55)89(69)71-47-75-81-83(92-74-38-18-8-28-60(74)85(81)59-27-7-17-37-73(59)91-75)79(71)80-72(48-78-82-84(80)94-77-40-20-10-30-62(77)86(82)61-29-9-19-39-76(61)93-78)90-68-36-16-6-26-56(68)58-46-50(42-44-70(58)90)88-65-33-13-3-23-53(65)54-24-4-14-34-66(54)88/h1-48H. The maximum absolute atomic E-state index is 7.90. The van der Waals surface area contributed by atoms with E-state index in [1.165, 1.54) is 90.4 Å². The highest BCUT2D eigenvalue weighted by molar-refractivity contribution is 8.01. The number of nitrogens with zero attached hydrogens (tertiary/aromatic N) is 4. The molecule has 4 aliphatic rings. The largest absolute Gasteiger partial charge is 0.458 e. The minimum absolute atomic E-state index is 0.0332. The van der Waals surface area contributed by atoms with Gasteiger partial charge in [-0.1, -0.05) is 216 Å². The van der Waals surface area contributed by atoms with Crippen molar-refractivity contribution >= 4 is 157 Å². The summed E-state index contributed by atoms with van der Waals surface area (Å²) >= 11 is 3.81. The zero-order chi connectivity index (χ0) is 61.0. The van der Waals surface area contributed by atoms with Crippen molar-refractivity contribution in [1.29, 1.82) is 0 Å². The number of fused-ring (bicyclic) bond motifs is 20. The third-order valence-electron chi connectivity index (χ3n) is 20.6. The first-order chi connectivity index (χ1) is 46.7. The van der Waals surface area contributed by atoms with Gasteiger partial charge in [-0.15, -0.1) is 0 Å². The van der Waals surface area contributed by atoms with E-state index in [0.29, 0.717) is 0 Å². The number of hydrogen-bond acceptors (Lipinski definition) is 4. The van der Waals surface area contributed by atoms with Crippen LogP contribution in [0.25, 0.3) is 121 Å². The maximum atomic E-state index is 7.90. The second-order valence-corrected chi connectivity index (χ2v) is 27.4. The van der Waals surface area contributed by atoms with Crippen LogP contribution in [0, 0.1) is 0 Å². The molecule has 6 nitrogen and oxygen atoms in total. The number of benzene rings is 14. The Kier molecular flexibility index (Phi) is 10.5. The molecule has 0 atom stereocenters. The SMILES string of the molecule is c1ccc2c(c1)Oc1cc(-n3c4ccccc4c4cc(-n5c6ccccc6c6ccccc65)ccc43)c(-c3c(-n4c5ccccc5c5cc(-n6c7ccccc7c7ccccc76)ccc54)cc4c5c3Sc3ccccc3B5c3ccccc3S4)c3c1B2c1ccccc1O3. The summed E-state index contributed by atoms with van der Waals surface area (Å²) in [6.07, 6.45) is 0. The van der Waals surface area contributed by atoms with Gasteiger partial charge in [0, 0.05) is 91.1 Å². The summed E-state index contributed by atoms with van der Waals surface area (Å²) in [5.41, 5.74) is 22.7. The second-order valence-electron chi connectivity index (χ2n) is 25.3. The van der Waals surface area contributed by atoms with E-state index in [1.54, 1.807) is 0 Å². The summed E-state index contributed by atoms with van der Waals surface area (Å²) < 4.78 is 25.3. The van der Waals surface area contributed by atoms with E-state index in [0.717, 1.165) is 106 Å². The van der Waals surface area contributed by atoms with Gasteiger partial charge in [-0.05, 0) is 120 Å². The van der Waals surface area contributed by atoms with E-state index in [2.05, 4.69) is 309 Å². The molecule has 0 bridgehead atoms. The minimum Gasteiger partial charge on any atom is -0.458 e. The van der Waals surface area contributed by atoms with Crippen LogP contribution in [0.5, 0.6) is 23.0 Å². The van der Waals surface area contributed by atoms with Crippen molar-refractivity contribution in [3.8, 4) is 56.9 Å². The number of rotatable bonds is 5. The Hall–Kier alpha value is -11.3. The summed E-state index contributed by atoms with van der Waals surface area (Å²) in [6.45, 7) is -0.220. The van der Waals surface area contributed by atoms with Gasteiger partial charge in [-0.25, -0.2) is 0 Å². The molecule has 4 aromatic heterocycles. The van der Waals surface area contributed by atoms with E-state index >= 15 is 0 Å². The lowest BCUT2D eigenvalue weighted by atomic mass is 9.34. The molecule has 0 spiro atoms. The predicted octanol–water partition coefficient (Wildman–Crippen LogP) is 17.9. The van der Waals surface area contributed by atoms with Crippen molar-refractivity contribution in [3.05, 3.63) is 291 Å². The van der Waals surface area contributed by atoms with Crippen molar-refractivity contribution in [2.45, 2.75) is 19.6 Å². The molecule has 0 saturated carbocycles. The molecular weight excluding hydrogens is 1180 g/mol. The predicted molar refractivity (Wildman–Crippen MR) is 393 cm³/mol. The van der Waals surface area contributed by atoms with Crippen LogP contribution in [0.4, 0.5) is 0 Å². The van der Waals surface area contributed by atoms with Gasteiger partial charge in [-0.2, -0.15) is 0 Å². The average molecular weight is 1230 g/mol. The van der Waals surface area contributed by atoms with Gasteiger partial charge in [0.15, 0.2) is 0 Å². The molecule has 0 amide bonds. The third kappa shape index (κ3) is 6.90. The Labute approximate surface area is 548 Å². The molecule has 94 heavy (non-hydrogen) atoms. The molecule has 434 valence electrons. The summed E-state index contributed by atoms with van der Waals surface area (Å²) in [5, 5.41) is 9.58. The molecule has 18 aromatic rings. The van der Waals surface area contributed by atoms with E-state index in [1.807, 2.05) is 23.5 Å². The average Bonchev–Trinajstić information content (AvgIpc) is 0.922. The Bertz CT molecular complexity index is 5920. The number of hydrogen-bond donors (Lipinski definition) is 0. The van der Waals surface area contributed by atoms with Gasteiger partial charge < -0.3 is 27.7 Å². The highest BCUT2D eigenvalue weighted by atomic mass is 32.2. The second kappa shape index (κ2) is 19.2. The summed E-state index contributed by atoms with van der Waals surface area (Å²) in [4.78, 5) is 4.98. The van der Waals surface area contributed by atoms with Crippen molar-refractivity contribution in [1.82, 2.24) is 18.3 Å². The first-order valence-corrected chi connectivity index (χ1v) is 33.8. The molecule has 8 heterocycles. The first kappa shape index (κ1) is 51.3. The van der Waals surface area contributed by atoms with Crippen LogP contribution < -0.4 is 42.3 Å². The fourth-order valence-electron chi connectivity index (χ4n) is 16.8. The van der Waals surface area contributed by atoms with Crippen molar-refractivity contribution in [2.24, 2.45) is 0 Å². The van der Waals surface area contributed by atoms with Gasteiger partial charge in [0.05, 0.1) is 61.1 Å². The molecular formula is C84H48B2N4O2S2. The minimum atomic E-state index is -0.187. The quantitative estimate of drug-likeness (QED) is 0.161. The summed E-state index contributed by atoms with van der Waals surface area (Å²) in [7, 11) is 0. The zero-order valence-corrected chi connectivity index (χ0v) is 51.9. The van der Waals surface area contributed by atoms with Gasteiger partial charge in [0.1, 0.15) is 23.0 Å². The molecule has 4 aliphatic heterocycles. The topological polar surface area (TPSA) is 38.2 Å². The summed E-state index contributed by atoms with van der Waals surface area (Å²) in [6, 6.07) is 108. The lowest BCUT2D eigenvalue weighted by molar-refractivity contribution is 0.465. The van der Waals surface area contributed by atoms with Crippen LogP contribution in [0.1, 0.15) is 0 Å². The lowest BCUT2D eigenvalue weighted by Gasteiger charge is -2.38. The van der Waals surface area contributed by atoms with Gasteiger partial charge >= 0.3 is 0 Å². The van der Waals surface area contributed by atoms with Crippen molar-refractivity contribution in [3.63, 3.8) is 0 Å². The number of ether oxygens (including phenoxy) is 2. The molecule has 0 aliphatic carbocycles. The maximum Gasteiger partial charge on any atom is 0.260 e. The Morgan fingerprint density at radius 1 is 0.255 bits per heavy atom. The van der Waals surface area contributed by atoms with Gasteiger partial charge in [-0.3, -0.25) is 0 Å². The molecule has 0 fully saturated rings. The van der Waals surface area contributed by atoms with E-state index in [9.17, 15) is 0 Å². The molecule has 0 unspecified atom stereocenters. The molecule has 0 saturated heterocycles. The third-order valence-corrected chi connectivity index (χ3v) is 23.0. The van der Waals surface area contributed by atoms with E-state index < -0.39 is 0 Å². The van der Waals surface area contributed by atoms with Crippen LogP contribution >= 0.6 is 23.5 Å². The fraction of sp³-hybridized carbons (Fsp3) is 0. The smallest absolute Gasteiger partial charge is 0.260 e. The van der Waals surface area contributed by atoms with Crippen LogP contribution in [0.15, 0.2) is 311 Å². The van der Waals surface area contributed by atoms with Gasteiger partial charge in [0.25, 0.3) is 6.71 Å². The van der Waals surface area contributed by atoms with Gasteiger partial charge in [0.2, 0.25) is 6.71 Å². The van der Waals surface area contributed by atoms with E-state index in [-0.39, 0.29) is 13.4 Å². The Balaban J connectivity index is 0.901. The summed E-state index contributed by atoms with van der Waals surface area (Å²) in [5.74, 6) is 3.26. The van der Waals surface area contributed by atoms with Crippen LogP contribution in [0.2, 0.25) is 0 Å². The normalized spacial score (nSPS) is 13.4. The highest BCUT2D eigenvalue weighted by Crippen LogP contribution is 2.55. The van der Waals surface area contributed by atoms with Crippen molar-refractivity contribution < 1.29 is 9.47 Å². The molecule has 14 aromatic carbocycles.